The maximum atomic E-state index is 13.0. The maximum Gasteiger partial charge on any atom is 0.207 e. The number of hydrogen-bond acceptors (Lipinski definition) is 2. The first kappa shape index (κ1) is 14.4. The molecule has 5 heteroatoms. The third-order valence-corrected chi connectivity index (χ3v) is 6.01. The van der Waals surface area contributed by atoms with E-state index in [1.165, 1.54) is 0 Å². The molecule has 0 fully saturated rings. The molecule has 1 aromatic heterocycles. The minimum Gasteiger partial charge on any atom is -0.361 e. The van der Waals surface area contributed by atoms with Gasteiger partial charge in [-0.1, -0.05) is 39.7 Å². The molecule has 3 nitrogen and oxygen atoms in total. The van der Waals surface area contributed by atoms with Gasteiger partial charge >= 0.3 is 0 Å². The predicted molar refractivity (Wildman–Crippen MR) is 87.6 cm³/mol. The van der Waals surface area contributed by atoms with Gasteiger partial charge in [0.15, 0.2) is 0 Å². The minimum atomic E-state index is -3.54. The summed E-state index contributed by atoms with van der Waals surface area (Å²) < 4.78 is 26.0. The van der Waals surface area contributed by atoms with E-state index in [0.717, 1.165) is 22.0 Å². The van der Waals surface area contributed by atoms with Gasteiger partial charge in [0.2, 0.25) is 9.84 Å². The number of fused-ring (bicyclic) bond motifs is 1. The van der Waals surface area contributed by atoms with Crippen LogP contribution in [0.1, 0.15) is 11.1 Å². The van der Waals surface area contributed by atoms with E-state index in [1.54, 1.807) is 30.5 Å². The van der Waals surface area contributed by atoms with Crippen molar-refractivity contribution in [2.75, 3.05) is 0 Å². The van der Waals surface area contributed by atoms with Gasteiger partial charge < -0.3 is 4.98 Å². The van der Waals surface area contributed by atoms with Crippen LogP contribution in [-0.4, -0.2) is 13.4 Å². The number of sulfone groups is 1. The first-order valence-electron chi connectivity index (χ1n) is 6.51. The van der Waals surface area contributed by atoms with Crippen LogP contribution in [0.2, 0.25) is 0 Å². The molecule has 0 radical (unpaired) electrons. The zero-order valence-corrected chi connectivity index (χ0v) is 13.8. The summed E-state index contributed by atoms with van der Waals surface area (Å²) in [6.45, 7) is 1.95. The summed E-state index contributed by atoms with van der Waals surface area (Å²) in [5, 5.41) is 1.23. The Bertz CT molecular complexity index is 913. The zero-order chi connectivity index (χ0) is 15.0. The van der Waals surface area contributed by atoms with E-state index in [9.17, 15) is 8.42 Å². The molecule has 0 saturated heterocycles. The van der Waals surface area contributed by atoms with Crippen molar-refractivity contribution in [1.82, 2.24) is 4.98 Å². The van der Waals surface area contributed by atoms with Gasteiger partial charge in [-0.2, -0.15) is 0 Å². The molecule has 0 saturated carbocycles. The van der Waals surface area contributed by atoms with Crippen LogP contribution in [0.5, 0.6) is 0 Å². The average Bonchev–Trinajstić information content (AvgIpc) is 2.94. The molecule has 108 valence electrons. The number of nitrogens with one attached hydrogen (secondary N) is 1. The summed E-state index contributed by atoms with van der Waals surface area (Å²) in [7, 11) is -3.54. The summed E-state index contributed by atoms with van der Waals surface area (Å²) in [6.07, 6.45) is 1.75. The third-order valence-electron chi connectivity index (χ3n) is 3.49. The van der Waals surface area contributed by atoms with E-state index in [-0.39, 0.29) is 0 Å². The summed E-state index contributed by atoms with van der Waals surface area (Å²) in [5.74, 6) is 0. The van der Waals surface area contributed by atoms with Gasteiger partial charge in [-0.3, -0.25) is 0 Å². The van der Waals surface area contributed by atoms with E-state index in [0.29, 0.717) is 15.1 Å². The Morgan fingerprint density at radius 3 is 2.67 bits per heavy atom. The standard InChI is InChI=1S/C16H14BrNO2S/c1-11-5-6-15(12(9-11)10-17)21(19,20)16-4-2-3-14-13(16)7-8-18-14/h2-9,18H,10H2,1H3. The first-order valence-corrected chi connectivity index (χ1v) is 9.11. The molecule has 2 aromatic carbocycles. The fraction of sp³-hybridized carbons (Fsp3) is 0.125. The van der Waals surface area contributed by atoms with Gasteiger partial charge in [0.1, 0.15) is 0 Å². The molecular weight excluding hydrogens is 350 g/mol. The number of rotatable bonds is 3. The van der Waals surface area contributed by atoms with Gasteiger partial charge in [0.05, 0.1) is 9.79 Å². The molecule has 0 aliphatic carbocycles. The first-order chi connectivity index (χ1) is 10.0. The Morgan fingerprint density at radius 2 is 1.90 bits per heavy atom. The Kier molecular flexibility index (Phi) is 3.63. The number of alkyl halides is 1. The van der Waals surface area contributed by atoms with Crippen molar-refractivity contribution in [3.05, 3.63) is 59.8 Å². The highest BCUT2D eigenvalue weighted by atomic mass is 79.9. The van der Waals surface area contributed by atoms with E-state index in [2.05, 4.69) is 20.9 Å². The largest absolute Gasteiger partial charge is 0.361 e. The minimum absolute atomic E-state index is 0.340. The maximum absolute atomic E-state index is 13.0. The van der Waals surface area contributed by atoms with Crippen LogP contribution < -0.4 is 0 Å². The van der Waals surface area contributed by atoms with E-state index in [1.807, 2.05) is 25.1 Å². The van der Waals surface area contributed by atoms with E-state index in [4.69, 9.17) is 0 Å². The van der Waals surface area contributed by atoms with Crippen LogP contribution in [0.15, 0.2) is 58.5 Å². The molecule has 3 rings (SSSR count). The van der Waals surface area contributed by atoms with Crippen molar-refractivity contribution >= 4 is 36.7 Å². The van der Waals surface area contributed by atoms with E-state index >= 15 is 0 Å². The highest BCUT2D eigenvalue weighted by molar-refractivity contribution is 9.08. The van der Waals surface area contributed by atoms with Crippen LogP contribution in [0, 0.1) is 6.92 Å². The van der Waals surface area contributed by atoms with Crippen LogP contribution in [-0.2, 0) is 15.2 Å². The second-order valence-electron chi connectivity index (χ2n) is 4.94. The molecule has 1 N–H and O–H groups in total. The number of aryl methyl sites for hydroxylation is 1. The molecule has 0 bridgehead atoms. The van der Waals surface area contributed by atoms with Gasteiger partial charge in [0.25, 0.3) is 0 Å². The van der Waals surface area contributed by atoms with Crippen LogP contribution in [0.25, 0.3) is 10.9 Å². The lowest BCUT2D eigenvalue weighted by atomic mass is 10.2. The molecule has 0 atom stereocenters. The topological polar surface area (TPSA) is 49.9 Å². The molecule has 21 heavy (non-hydrogen) atoms. The number of aromatic nitrogens is 1. The van der Waals surface area contributed by atoms with Crippen LogP contribution in [0.3, 0.4) is 0 Å². The van der Waals surface area contributed by atoms with Crippen molar-refractivity contribution in [3.63, 3.8) is 0 Å². The van der Waals surface area contributed by atoms with Crippen LogP contribution in [0.4, 0.5) is 0 Å². The summed E-state index contributed by atoms with van der Waals surface area (Å²) >= 11 is 3.38. The SMILES string of the molecule is Cc1ccc(S(=O)(=O)c2cccc3[nH]ccc23)c(CBr)c1. The van der Waals surface area contributed by atoms with Gasteiger partial charge in [-0.15, -0.1) is 0 Å². The summed E-state index contributed by atoms with van der Waals surface area (Å²) in [6, 6.07) is 12.5. The Labute approximate surface area is 132 Å². The Balaban J connectivity index is 2.28. The van der Waals surface area contributed by atoms with Crippen molar-refractivity contribution in [1.29, 1.82) is 0 Å². The van der Waals surface area contributed by atoms with Gasteiger partial charge in [-0.05, 0) is 36.8 Å². The van der Waals surface area contributed by atoms with Crippen molar-refractivity contribution in [2.45, 2.75) is 22.0 Å². The fourth-order valence-electron chi connectivity index (χ4n) is 2.48. The van der Waals surface area contributed by atoms with Crippen LogP contribution >= 0.6 is 15.9 Å². The number of halogens is 1. The molecule has 0 unspecified atom stereocenters. The van der Waals surface area contributed by atoms with Gasteiger partial charge in [-0.25, -0.2) is 8.42 Å². The molecule has 0 amide bonds. The Hall–Kier alpha value is -1.59. The lowest BCUT2D eigenvalue weighted by Gasteiger charge is -2.11. The normalized spacial score (nSPS) is 11.9. The Morgan fingerprint density at radius 1 is 1.10 bits per heavy atom. The van der Waals surface area contributed by atoms with Crippen molar-refractivity contribution < 1.29 is 8.42 Å². The van der Waals surface area contributed by atoms with Crippen molar-refractivity contribution in [2.24, 2.45) is 0 Å². The highest BCUT2D eigenvalue weighted by Crippen LogP contribution is 2.30. The molecular formula is C16H14BrNO2S. The number of hydrogen-bond donors (Lipinski definition) is 1. The van der Waals surface area contributed by atoms with Crippen molar-refractivity contribution in [3.8, 4) is 0 Å². The lowest BCUT2D eigenvalue weighted by molar-refractivity contribution is 0.596. The number of benzene rings is 2. The van der Waals surface area contributed by atoms with Gasteiger partial charge in [0, 0.05) is 22.4 Å². The second-order valence-corrected chi connectivity index (χ2v) is 7.39. The summed E-state index contributed by atoms with van der Waals surface area (Å²) in [4.78, 5) is 3.75. The third kappa shape index (κ3) is 2.40. The lowest BCUT2D eigenvalue weighted by Crippen LogP contribution is -2.05. The number of aromatic amines is 1. The second kappa shape index (κ2) is 5.31. The molecule has 0 aliphatic rings. The summed E-state index contributed by atoms with van der Waals surface area (Å²) in [5.41, 5.74) is 2.65. The molecule has 0 spiro atoms. The highest BCUT2D eigenvalue weighted by Gasteiger charge is 2.23. The fourth-order valence-corrected chi connectivity index (χ4v) is 4.82. The number of H-pyrrole nitrogens is 1. The smallest absolute Gasteiger partial charge is 0.207 e. The molecule has 1 heterocycles. The molecule has 0 aliphatic heterocycles. The monoisotopic (exact) mass is 363 g/mol. The zero-order valence-electron chi connectivity index (χ0n) is 11.4. The average molecular weight is 364 g/mol. The predicted octanol–water partition coefficient (Wildman–Crippen LogP) is 4.20. The quantitative estimate of drug-likeness (QED) is 0.708. The molecule has 3 aromatic rings. The van der Waals surface area contributed by atoms with E-state index < -0.39 is 9.84 Å².